The van der Waals surface area contributed by atoms with E-state index in [1.54, 1.807) is 24.3 Å². The zero-order valence-electron chi connectivity index (χ0n) is 14.3. The first-order valence-corrected chi connectivity index (χ1v) is 10.4. The Labute approximate surface area is 167 Å². The van der Waals surface area contributed by atoms with Crippen molar-refractivity contribution in [1.29, 1.82) is 0 Å². The second-order valence-electron chi connectivity index (χ2n) is 5.91. The summed E-state index contributed by atoms with van der Waals surface area (Å²) in [6.45, 7) is 0. The van der Waals surface area contributed by atoms with E-state index < -0.39 is 21.5 Å². The van der Waals surface area contributed by atoms with Gasteiger partial charge < -0.3 is 0 Å². The number of nitrogen functional groups attached to an aromatic ring is 1. The van der Waals surface area contributed by atoms with Crippen LogP contribution in [0.15, 0.2) is 87.1 Å². The van der Waals surface area contributed by atoms with Crippen molar-refractivity contribution in [3.05, 3.63) is 95.6 Å². The standard InChI is InChI=1S/C21H16IN4O/c23-17-10-6-16(7-11-17)21(27)24-18-12-8-14(9-13-18)19-22-26-20(25-19)15-4-2-1-3-5-15/h1-13H,23H2,(H,24,27)/q-1. The molecule has 1 amide bonds. The number of hydrogen-bond donors (Lipinski definition) is 2. The average Bonchev–Trinajstić information content (AvgIpc) is 3.20. The molecule has 0 unspecified atom stereocenters. The molecule has 0 atom stereocenters. The van der Waals surface area contributed by atoms with Crippen LogP contribution in [0.5, 0.6) is 0 Å². The van der Waals surface area contributed by atoms with E-state index >= 15 is 0 Å². The third-order valence-electron chi connectivity index (χ3n) is 3.99. The number of halogens is 1. The SMILES string of the molecule is Nc1ccc(C(=O)Nc2ccc(C3=NC(c4ccccc4)=N[I-]3)cc2)cc1. The van der Waals surface area contributed by atoms with Crippen LogP contribution in [0, 0.1) is 0 Å². The van der Waals surface area contributed by atoms with Gasteiger partial charge in [0.2, 0.25) is 0 Å². The van der Waals surface area contributed by atoms with Crippen molar-refractivity contribution in [2.75, 3.05) is 11.1 Å². The number of rotatable bonds is 4. The van der Waals surface area contributed by atoms with Gasteiger partial charge in [-0.3, -0.25) is 0 Å². The van der Waals surface area contributed by atoms with Crippen LogP contribution < -0.4 is 32.5 Å². The predicted octanol–water partition coefficient (Wildman–Crippen LogP) is 0.732. The molecular formula is C21H16IN4O-. The Kier molecular flexibility index (Phi) is 4.97. The summed E-state index contributed by atoms with van der Waals surface area (Å²) in [5, 5.41) is 2.89. The van der Waals surface area contributed by atoms with E-state index in [1.807, 2.05) is 54.6 Å². The molecule has 0 radical (unpaired) electrons. The van der Waals surface area contributed by atoms with E-state index in [0.29, 0.717) is 11.3 Å². The number of amidine groups is 1. The Morgan fingerprint density at radius 3 is 2.26 bits per heavy atom. The zero-order valence-corrected chi connectivity index (χ0v) is 16.4. The van der Waals surface area contributed by atoms with Crippen molar-refractivity contribution in [2.24, 2.45) is 8.20 Å². The van der Waals surface area contributed by atoms with Gasteiger partial charge in [-0.05, 0) is 0 Å². The number of amides is 1. The van der Waals surface area contributed by atoms with Crippen molar-refractivity contribution < 1.29 is 26.3 Å². The Morgan fingerprint density at radius 1 is 0.852 bits per heavy atom. The molecule has 5 nitrogen and oxygen atoms in total. The molecule has 1 heterocycles. The summed E-state index contributed by atoms with van der Waals surface area (Å²) < 4.78 is 5.66. The summed E-state index contributed by atoms with van der Waals surface area (Å²) in [5.41, 5.74) is 9.68. The number of carbonyl (C=O) groups is 1. The fourth-order valence-corrected chi connectivity index (χ4v) is 4.37. The normalized spacial score (nSPS) is 13.3. The van der Waals surface area contributed by atoms with Gasteiger partial charge in [-0.1, -0.05) is 0 Å². The van der Waals surface area contributed by atoms with Crippen LogP contribution in [-0.4, -0.2) is 15.5 Å². The number of hydrogen-bond acceptors (Lipinski definition) is 4. The molecule has 3 aromatic rings. The fourth-order valence-electron chi connectivity index (χ4n) is 2.55. The first-order valence-electron chi connectivity index (χ1n) is 8.33. The van der Waals surface area contributed by atoms with Crippen molar-refractivity contribution >= 4 is 26.8 Å². The third kappa shape index (κ3) is 4.06. The first kappa shape index (κ1) is 17.4. The van der Waals surface area contributed by atoms with Gasteiger partial charge in [0.25, 0.3) is 0 Å². The van der Waals surface area contributed by atoms with Crippen LogP contribution in [0.25, 0.3) is 0 Å². The van der Waals surface area contributed by atoms with Crippen molar-refractivity contribution in [3.63, 3.8) is 0 Å². The van der Waals surface area contributed by atoms with Crippen LogP contribution in [0.2, 0.25) is 0 Å². The Morgan fingerprint density at radius 2 is 1.56 bits per heavy atom. The number of anilines is 2. The number of aliphatic imine (C=N–C) groups is 1. The van der Waals surface area contributed by atoms with E-state index in [2.05, 4.69) is 8.52 Å². The second-order valence-corrected chi connectivity index (χ2v) is 7.90. The van der Waals surface area contributed by atoms with Gasteiger partial charge >= 0.3 is 168 Å². The number of carbonyl (C=O) groups excluding carboxylic acids is 1. The van der Waals surface area contributed by atoms with Crippen molar-refractivity contribution in [1.82, 2.24) is 0 Å². The quantitative estimate of drug-likeness (QED) is 0.439. The van der Waals surface area contributed by atoms with Crippen LogP contribution in [-0.2, 0) is 0 Å². The minimum absolute atomic E-state index is 0.164. The van der Waals surface area contributed by atoms with Gasteiger partial charge in [-0.25, -0.2) is 0 Å². The van der Waals surface area contributed by atoms with Crippen molar-refractivity contribution in [3.8, 4) is 0 Å². The van der Waals surface area contributed by atoms with Gasteiger partial charge in [0.15, 0.2) is 0 Å². The van der Waals surface area contributed by atoms with E-state index in [1.165, 1.54) is 0 Å². The van der Waals surface area contributed by atoms with Crippen LogP contribution >= 0.6 is 0 Å². The number of nitrogens with zero attached hydrogens (tertiary/aromatic N) is 2. The molecule has 27 heavy (non-hydrogen) atoms. The average molecular weight is 467 g/mol. The molecular weight excluding hydrogens is 451 g/mol. The van der Waals surface area contributed by atoms with Gasteiger partial charge in [0.1, 0.15) is 0 Å². The Balaban J connectivity index is 1.45. The summed E-state index contributed by atoms with van der Waals surface area (Å²) in [5.74, 6) is 0.641. The van der Waals surface area contributed by atoms with Crippen LogP contribution in [0.4, 0.5) is 11.4 Å². The van der Waals surface area contributed by atoms with E-state index in [-0.39, 0.29) is 5.91 Å². The third-order valence-corrected chi connectivity index (χ3v) is 6.01. The van der Waals surface area contributed by atoms with Gasteiger partial charge in [-0.2, -0.15) is 0 Å². The minimum atomic E-state index is -0.497. The summed E-state index contributed by atoms with van der Waals surface area (Å²) in [6, 6.07) is 24.6. The molecule has 6 heteroatoms. The molecule has 0 aromatic heterocycles. The van der Waals surface area contributed by atoms with Crippen LogP contribution in [0.3, 0.4) is 0 Å². The number of benzene rings is 3. The van der Waals surface area contributed by atoms with Gasteiger partial charge in [0, 0.05) is 0 Å². The van der Waals surface area contributed by atoms with Gasteiger partial charge in [-0.15, -0.1) is 0 Å². The van der Waals surface area contributed by atoms with E-state index in [0.717, 1.165) is 26.4 Å². The molecule has 0 saturated heterocycles. The van der Waals surface area contributed by atoms with E-state index in [4.69, 9.17) is 10.7 Å². The Bertz CT molecular complexity index is 1030. The molecule has 3 aromatic carbocycles. The summed E-state index contributed by atoms with van der Waals surface area (Å²) in [4.78, 5) is 17.0. The monoisotopic (exact) mass is 467 g/mol. The maximum absolute atomic E-state index is 12.3. The molecule has 4 rings (SSSR count). The molecule has 0 saturated carbocycles. The molecule has 0 spiro atoms. The summed E-state index contributed by atoms with van der Waals surface area (Å²) >= 11 is -0.497. The van der Waals surface area contributed by atoms with Crippen molar-refractivity contribution in [2.45, 2.75) is 0 Å². The molecule has 134 valence electrons. The summed E-state index contributed by atoms with van der Waals surface area (Å²) in [6.07, 6.45) is 0. The first-order chi connectivity index (χ1) is 13.2. The molecule has 1 aliphatic heterocycles. The fraction of sp³-hybridized carbons (Fsp3) is 0. The topological polar surface area (TPSA) is 79.8 Å². The number of nitrogens with two attached hydrogens (primary N) is 1. The Hall–Kier alpha value is -3.00. The molecule has 3 N–H and O–H groups in total. The molecule has 0 bridgehead atoms. The second kappa shape index (κ2) is 7.71. The summed E-state index contributed by atoms with van der Waals surface area (Å²) in [7, 11) is 0. The molecule has 0 aliphatic carbocycles. The maximum atomic E-state index is 12.3. The molecule has 1 aliphatic rings. The number of nitrogens with one attached hydrogen (secondary N) is 1. The molecule has 0 fully saturated rings. The van der Waals surface area contributed by atoms with Crippen LogP contribution in [0.1, 0.15) is 21.5 Å². The van der Waals surface area contributed by atoms with E-state index in [9.17, 15) is 4.79 Å². The predicted molar refractivity (Wildman–Crippen MR) is 105 cm³/mol. The van der Waals surface area contributed by atoms with Gasteiger partial charge in [0.05, 0.1) is 0 Å². The zero-order chi connectivity index (χ0) is 18.6.